The lowest BCUT2D eigenvalue weighted by molar-refractivity contribution is -0.123. The molecule has 24 heavy (non-hydrogen) atoms. The Kier molecular flexibility index (Phi) is 5.18. The second-order valence-corrected chi connectivity index (χ2v) is 5.61. The lowest BCUT2D eigenvalue weighted by Gasteiger charge is -2.17. The summed E-state index contributed by atoms with van der Waals surface area (Å²) in [6, 6.07) is 19.8. The van der Waals surface area contributed by atoms with Crippen molar-refractivity contribution in [1.29, 1.82) is 0 Å². The van der Waals surface area contributed by atoms with E-state index >= 15 is 0 Å². The Bertz CT molecular complexity index is 770. The summed E-state index contributed by atoms with van der Waals surface area (Å²) in [5, 5.41) is 3.55. The number of amides is 1. The Hall–Kier alpha value is -2.72. The first-order valence-electron chi connectivity index (χ1n) is 7.48. The molecule has 0 unspecified atom stereocenters. The first kappa shape index (κ1) is 16.1. The summed E-state index contributed by atoms with van der Waals surface area (Å²) in [5.41, 5.74) is 0.937. The van der Waals surface area contributed by atoms with Crippen molar-refractivity contribution < 1.29 is 13.9 Å². The third-order valence-corrected chi connectivity index (χ3v) is 3.70. The Balaban J connectivity index is 1.66. The van der Waals surface area contributed by atoms with E-state index in [1.54, 1.807) is 36.6 Å². The van der Waals surface area contributed by atoms with E-state index in [4.69, 9.17) is 20.8 Å². The maximum absolute atomic E-state index is 12.3. The van der Waals surface area contributed by atoms with Crippen molar-refractivity contribution in [3.05, 3.63) is 89.3 Å². The van der Waals surface area contributed by atoms with Gasteiger partial charge < -0.3 is 14.5 Å². The summed E-state index contributed by atoms with van der Waals surface area (Å²) < 4.78 is 10.9. The quantitative estimate of drug-likeness (QED) is 0.730. The second kappa shape index (κ2) is 7.70. The van der Waals surface area contributed by atoms with E-state index in [1.165, 1.54) is 0 Å². The molecule has 1 N–H and O–H groups in total. The maximum Gasteiger partial charge on any atom is 0.258 e. The zero-order valence-electron chi connectivity index (χ0n) is 12.8. The van der Waals surface area contributed by atoms with Crippen LogP contribution in [0.4, 0.5) is 0 Å². The van der Waals surface area contributed by atoms with Gasteiger partial charge in [-0.2, -0.15) is 0 Å². The van der Waals surface area contributed by atoms with Crippen LogP contribution >= 0.6 is 11.6 Å². The Morgan fingerprint density at radius 3 is 2.46 bits per heavy atom. The number of hydrogen-bond donors (Lipinski definition) is 1. The molecule has 5 heteroatoms. The molecule has 1 heterocycles. The molecule has 0 fully saturated rings. The number of nitrogens with one attached hydrogen (secondary N) is 1. The molecular formula is C19H16ClNO3. The van der Waals surface area contributed by atoms with Crippen LogP contribution in [0.1, 0.15) is 17.4 Å². The molecular weight excluding hydrogens is 326 g/mol. The molecule has 0 aliphatic carbocycles. The summed E-state index contributed by atoms with van der Waals surface area (Å²) in [4.78, 5) is 12.3. The molecule has 3 aromatic rings. The van der Waals surface area contributed by atoms with Gasteiger partial charge in [-0.15, -0.1) is 0 Å². The average Bonchev–Trinajstić information content (AvgIpc) is 3.14. The fraction of sp³-hybridized carbons (Fsp3) is 0.105. The number of benzene rings is 2. The number of hydrogen-bond acceptors (Lipinski definition) is 3. The number of halogens is 1. The van der Waals surface area contributed by atoms with Crippen LogP contribution in [0, 0.1) is 0 Å². The van der Waals surface area contributed by atoms with Crippen LogP contribution in [-0.4, -0.2) is 12.5 Å². The third kappa shape index (κ3) is 4.18. The lowest BCUT2D eigenvalue weighted by Crippen LogP contribution is -2.33. The molecule has 0 spiro atoms. The summed E-state index contributed by atoms with van der Waals surface area (Å²) in [6.07, 6.45) is 1.58. The zero-order chi connectivity index (χ0) is 16.8. The molecule has 1 aromatic heterocycles. The number of furan rings is 1. The van der Waals surface area contributed by atoms with E-state index in [0.717, 1.165) is 5.56 Å². The highest BCUT2D eigenvalue weighted by atomic mass is 35.5. The topological polar surface area (TPSA) is 51.5 Å². The van der Waals surface area contributed by atoms with Crippen molar-refractivity contribution in [2.45, 2.75) is 6.04 Å². The third-order valence-electron chi connectivity index (χ3n) is 3.45. The maximum atomic E-state index is 12.3. The predicted octanol–water partition coefficient (Wildman–Crippen LogP) is 4.22. The molecule has 0 saturated heterocycles. The van der Waals surface area contributed by atoms with Gasteiger partial charge in [0.15, 0.2) is 6.61 Å². The van der Waals surface area contributed by atoms with Gasteiger partial charge in [-0.3, -0.25) is 4.79 Å². The van der Waals surface area contributed by atoms with Crippen LogP contribution in [-0.2, 0) is 4.79 Å². The first-order valence-corrected chi connectivity index (χ1v) is 7.86. The lowest BCUT2D eigenvalue weighted by atomic mass is 10.0. The van der Waals surface area contributed by atoms with Crippen molar-refractivity contribution >= 4 is 17.5 Å². The van der Waals surface area contributed by atoms with E-state index in [-0.39, 0.29) is 18.6 Å². The van der Waals surface area contributed by atoms with Crippen molar-refractivity contribution in [1.82, 2.24) is 5.32 Å². The van der Waals surface area contributed by atoms with Crippen molar-refractivity contribution in [3.8, 4) is 5.75 Å². The van der Waals surface area contributed by atoms with Gasteiger partial charge in [0.2, 0.25) is 0 Å². The van der Waals surface area contributed by atoms with E-state index in [1.807, 2.05) is 36.4 Å². The fourth-order valence-electron chi connectivity index (χ4n) is 2.30. The smallest absolute Gasteiger partial charge is 0.258 e. The normalized spacial score (nSPS) is 11.7. The number of rotatable bonds is 6. The van der Waals surface area contributed by atoms with Crippen molar-refractivity contribution in [2.75, 3.05) is 6.61 Å². The van der Waals surface area contributed by atoms with Gasteiger partial charge in [-0.1, -0.05) is 41.9 Å². The molecule has 3 rings (SSSR count). The van der Waals surface area contributed by atoms with Crippen LogP contribution in [0.15, 0.2) is 77.4 Å². The molecule has 122 valence electrons. The zero-order valence-corrected chi connectivity index (χ0v) is 13.6. The molecule has 0 saturated carbocycles. The summed E-state index contributed by atoms with van der Waals surface area (Å²) >= 11 is 5.82. The van der Waals surface area contributed by atoms with Gasteiger partial charge in [-0.25, -0.2) is 0 Å². The van der Waals surface area contributed by atoms with E-state index in [0.29, 0.717) is 16.5 Å². The second-order valence-electron chi connectivity index (χ2n) is 5.17. The SMILES string of the molecule is O=C(COc1ccc(Cl)cc1)N[C@@H](c1ccccc1)c1ccco1. The van der Waals surface area contributed by atoms with Gasteiger partial charge >= 0.3 is 0 Å². The average molecular weight is 342 g/mol. The highest BCUT2D eigenvalue weighted by Gasteiger charge is 2.19. The van der Waals surface area contributed by atoms with E-state index in [9.17, 15) is 4.79 Å². The molecule has 2 aromatic carbocycles. The predicted molar refractivity (Wildman–Crippen MR) is 92.1 cm³/mol. The minimum atomic E-state index is -0.359. The number of carbonyl (C=O) groups excluding carboxylic acids is 1. The highest BCUT2D eigenvalue weighted by molar-refractivity contribution is 6.30. The molecule has 0 radical (unpaired) electrons. The fourth-order valence-corrected chi connectivity index (χ4v) is 2.43. The standard InChI is InChI=1S/C19H16ClNO3/c20-15-8-10-16(11-9-15)24-13-18(22)21-19(17-7-4-12-23-17)14-5-2-1-3-6-14/h1-12,19H,13H2,(H,21,22)/t19-/m0/s1. The van der Waals surface area contributed by atoms with Crippen LogP contribution < -0.4 is 10.1 Å². The first-order chi connectivity index (χ1) is 11.7. The summed E-state index contributed by atoms with van der Waals surface area (Å²) in [7, 11) is 0. The van der Waals surface area contributed by atoms with Crippen LogP contribution in [0.3, 0.4) is 0 Å². The number of carbonyl (C=O) groups is 1. The minimum Gasteiger partial charge on any atom is -0.484 e. The van der Waals surface area contributed by atoms with Gasteiger partial charge in [0, 0.05) is 5.02 Å². The van der Waals surface area contributed by atoms with Crippen molar-refractivity contribution in [2.24, 2.45) is 0 Å². The molecule has 1 amide bonds. The Morgan fingerprint density at radius 1 is 1.04 bits per heavy atom. The minimum absolute atomic E-state index is 0.0916. The highest BCUT2D eigenvalue weighted by Crippen LogP contribution is 2.22. The van der Waals surface area contributed by atoms with Crippen LogP contribution in [0.2, 0.25) is 5.02 Å². The van der Waals surface area contributed by atoms with E-state index < -0.39 is 0 Å². The summed E-state index contributed by atoms with van der Waals surface area (Å²) in [6.45, 7) is -0.0916. The van der Waals surface area contributed by atoms with Gasteiger partial charge in [0.25, 0.3) is 5.91 Å². The van der Waals surface area contributed by atoms with Gasteiger partial charge in [-0.05, 0) is 42.0 Å². The largest absolute Gasteiger partial charge is 0.484 e. The van der Waals surface area contributed by atoms with Crippen LogP contribution in [0.25, 0.3) is 0 Å². The summed E-state index contributed by atoms with van der Waals surface area (Å²) in [5.74, 6) is 1.01. The molecule has 1 atom stereocenters. The molecule has 0 aliphatic rings. The Morgan fingerprint density at radius 2 is 1.79 bits per heavy atom. The molecule has 0 aliphatic heterocycles. The molecule has 4 nitrogen and oxygen atoms in total. The molecule has 0 bridgehead atoms. The Labute approximate surface area is 145 Å². The van der Waals surface area contributed by atoms with Gasteiger partial charge in [0.1, 0.15) is 17.6 Å². The van der Waals surface area contributed by atoms with Crippen LogP contribution in [0.5, 0.6) is 5.75 Å². The van der Waals surface area contributed by atoms with Gasteiger partial charge in [0.05, 0.1) is 6.26 Å². The monoisotopic (exact) mass is 341 g/mol. The number of ether oxygens (including phenoxy) is 1. The van der Waals surface area contributed by atoms with E-state index in [2.05, 4.69) is 5.32 Å². The van der Waals surface area contributed by atoms with Crippen molar-refractivity contribution in [3.63, 3.8) is 0 Å².